The number of para-hydroxylation sites is 2. The molecule has 0 saturated heterocycles. The van der Waals surface area contributed by atoms with Crippen molar-refractivity contribution in [3.8, 4) is 0 Å². The lowest BCUT2D eigenvalue weighted by molar-refractivity contribution is 0.106. The first-order valence-corrected chi connectivity index (χ1v) is 7.81. The van der Waals surface area contributed by atoms with Gasteiger partial charge in [0.1, 0.15) is 5.82 Å². The van der Waals surface area contributed by atoms with Gasteiger partial charge in [-0.05, 0) is 43.7 Å². The van der Waals surface area contributed by atoms with E-state index in [-0.39, 0.29) is 6.10 Å². The van der Waals surface area contributed by atoms with Crippen LogP contribution in [0.1, 0.15) is 38.9 Å². The molecule has 0 aliphatic heterocycles. The maximum Gasteiger partial charge on any atom is 0.112 e. The molecule has 20 heavy (non-hydrogen) atoms. The number of aromatic nitrogens is 2. The molecular formula is C17H24N2O. The number of aryl methyl sites for hydroxylation is 1. The van der Waals surface area contributed by atoms with Crippen LogP contribution in [0.4, 0.5) is 0 Å². The molecule has 0 bridgehead atoms. The number of nitrogens with zero attached hydrogens (tertiary/aromatic N) is 2. The molecule has 1 aliphatic carbocycles. The summed E-state index contributed by atoms with van der Waals surface area (Å²) in [6, 6.07) is 8.23. The fourth-order valence-electron chi connectivity index (χ4n) is 3.59. The third kappa shape index (κ3) is 2.47. The number of aliphatic hydroxyl groups is 1. The van der Waals surface area contributed by atoms with Gasteiger partial charge in [-0.15, -0.1) is 0 Å². The van der Waals surface area contributed by atoms with Crippen LogP contribution in [0.5, 0.6) is 0 Å². The zero-order valence-electron chi connectivity index (χ0n) is 12.4. The molecule has 0 spiro atoms. The Labute approximate surface area is 120 Å². The topological polar surface area (TPSA) is 38.0 Å². The van der Waals surface area contributed by atoms with Crippen LogP contribution in [0, 0.1) is 11.8 Å². The maximum absolute atomic E-state index is 10.5. The van der Waals surface area contributed by atoms with E-state index in [1.807, 2.05) is 6.07 Å². The first kappa shape index (κ1) is 13.6. The summed E-state index contributed by atoms with van der Waals surface area (Å²) in [6.45, 7) is 5.33. The molecule has 3 atom stereocenters. The predicted octanol–water partition coefficient (Wildman–Crippen LogP) is 3.40. The highest BCUT2D eigenvalue weighted by molar-refractivity contribution is 5.75. The zero-order chi connectivity index (χ0) is 14.1. The third-order valence-electron chi connectivity index (χ3n) is 4.72. The van der Waals surface area contributed by atoms with Crippen molar-refractivity contribution in [3.05, 3.63) is 30.1 Å². The van der Waals surface area contributed by atoms with Crippen molar-refractivity contribution < 1.29 is 5.11 Å². The number of benzene rings is 1. The second-order valence-electron chi connectivity index (χ2n) is 6.21. The van der Waals surface area contributed by atoms with Crippen LogP contribution in [-0.4, -0.2) is 20.8 Å². The molecule has 1 N–H and O–H groups in total. The van der Waals surface area contributed by atoms with Gasteiger partial charge >= 0.3 is 0 Å². The van der Waals surface area contributed by atoms with Gasteiger partial charge < -0.3 is 9.67 Å². The van der Waals surface area contributed by atoms with E-state index < -0.39 is 0 Å². The van der Waals surface area contributed by atoms with Crippen molar-refractivity contribution in [2.75, 3.05) is 0 Å². The van der Waals surface area contributed by atoms with Gasteiger partial charge in [0.2, 0.25) is 0 Å². The molecule has 1 saturated carbocycles. The smallest absolute Gasteiger partial charge is 0.112 e. The molecule has 3 rings (SSSR count). The number of fused-ring (bicyclic) bond motifs is 1. The van der Waals surface area contributed by atoms with E-state index >= 15 is 0 Å². The molecular weight excluding hydrogens is 248 g/mol. The van der Waals surface area contributed by atoms with Gasteiger partial charge in [0, 0.05) is 13.0 Å². The minimum absolute atomic E-state index is 0.248. The Hall–Kier alpha value is -1.35. The first-order valence-electron chi connectivity index (χ1n) is 7.81. The van der Waals surface area contributed by atoms with E-state index in [0.717, 1.165) is 36.6 Å². The number of hydrogen-bond acceptors (Lipinski definition) is 2. The average molecular weight is 272 g/mol. The molecule has 108 valence electrons. The van der Waals surface area contributed by atoms with Crippen molar-refractivity contribution in [1.82, 2.24) is 9.55 Å². The summed E-state index contributed by atoms with van der Waals surface area (Å²) in [5, 5.41) is 10.5. The van der Waals surface area contributed by atoms with Crippen LogP contribution in [0.3, 0.4) is 0 Å². The second kappa shape index (κ2) is 5.57. The highest BCUT2D eigenvalue weighted by Gasteiger charge is 2.28. The summed E-state index contributed by atoms with van der Waals surface area (Å²) in [5.74, 6) is 2.25. The van der Waals surface area contributed by atoms with E-state index in [4.69, 9.17) is 4.98 Å². The van der Waals surface area contributed by atoms with E-state index in [0.29, 0.717) is 12.3 Å². The quantitative estimate of drug-likeness (QED) is 0.926. The molecule has 3 heteroatoms. The molecule has 2 aromatic rings. The minimum atomic E-state index is -0.248. The van der Waals surface area contributed by atoms with Crippen LogP contribution >= 0.6 is 0 Å². The fraction of sp³-hybridized carbons (Fsp3) is 0.588. The van der Waals surface area contributed by atoms with Crippen LogP contribution in [0.25, 0.3) is 11.0 Å². The molecule has 1 aliphatic rings. The maximum atomic E-state index is 10.5. The first-order chi connectivity index (χ1) is 9.69. The number of imidazole rings is 1. The summed E-state index contributed by atoms with van der Waals surface area (Å²) in [5.41, 5.74) is 2.22. The SMILES string of the molecule is CCn1c(CC(O)C2CCC(C)C2)nc2ccccc21. The largest absolute Gasteiger partial charge is 0.392 e. The Morgan fingerprint density at radius 3 is 2.85 bits per heavy atom. The van der Waals surface area contributed by atoms with E-state index in [1.165, 1.54) is 11.9 Å². The van der Waals surface area contributed by atoms with Crippen LogP contribution in [0.2, 0.25) is 0 Å². The van der Waals surface area contributed by atoms with Crippen LogP contribution in [0.15, 0.2) is 24.3 Å². The Morgan fingerprint density at radius 2 is 2.15 bits per heavy atom. The lowest BCUT2D eigenvalue weighted by Gasteiger charge is -2.18. The highest BCUT2D eigenvalue weighted by Crippen LogP contribution is 2.33. The van der Waals surface area contributed by atoms with Crippen molar-refractivity contribution in [1.29, 1.82) is 0 Å². The zero-order valence-corrected chi connectivity index (χ0v) is 12.4. The fourth-order valence-corrected chi connectivity index (χ4v) is 3.59. The van der Waals surface area contributed by atoms with Gasteiger partial charge in [0.15, 0.2) is 0 Å². The standard InChI is InChI=1S/C17H24N2O/c1-3-19-15-7-5-4-6-14(15)18-17(19)11-16(20)13-9-8-12(2)10-13/h4-7,12-13,16,20H,3,8-11H2,1-2H3. The molecule has 1 aromatic heterocycles. The second-order valence-corrected chi connectivity index (χ2v) is 6.21. The number of hydrogen-bond donors (Lipinski definition) is 1. The molecule has 1 aromatic carbocycles. The third-order valence-corrected chi connectivity index (χ3v) is 4.72. The van der Waals surface area contributed by atoms with Crippen molar-refractivity contribution in [2.45, 2.75) is 52.2 Å². The number of rotatable bonds is 4. The lowest BCUT2D eigenvalue weighted by Crippen LogP contribution is -2.22. The lowest BCUT2D eigenvalue weighted by atomic mass is 9.97. The van der Waals surface area contributed by atoms with Crippen LogP contribution < -0.4 is 0 Å². The van der Waals surface area contributed by atoms with Gasteiger partial charge in [-0.2, -0.15) is 0 Å². The molecule has 1 fully saturated rings. The summed E-state index contributed by atoms with van der Waals surface area (Å²) in [4.78, 5) is 4.72. The van der Waals surface area contributed by atoms with E-state index in [2.05, 4.69) is 36.6 Å². The predicted molar refractivity (Wildman–Crippen MR) is 81.6 cm³/mol. The van der Waals surface area contributed by atoms with Gasteiger partial charge in [0.05, 0.1) is 17.1 Å². The minimum Gasteiger partial charge on any atom is -0.392 e. The molecule has 3 unspecified atom stereocenters. The molecule has 3 nitrogen and oxygen atoms in total. The molecule has 0 radical (unpaired) electrons. The summed E-state index contributed by atoms with van der Waals surface area (Å²) in [6.07, 6.45) is 4.01. The summed E-state index contributed by atoms with van der Waals surface area (Å²) >= 11 is 0. The Morgan fingerprint density at radius 1 is 1.35 bits per heavy atom. The summed E-state index contributed by atoms with van der Waals surface area (Å²) < 4.78 is 2.23. The van der Waals surface area contributed by atoms with Gasteiger partial charge in [-0.25, -0.2) is 4.98 Å². The Balaban J connectivity index is 1.83. The van der Waals surface area contributed by atoms with E-state index in [9.17, 15) is 5.11 Å². The average Bonchev–Trinajstić information content (AvgIpc) is 3.01. The Kier molecular flexibility index (Phi) is 3.79. The highest BCUT2D eigenvalue weighted by atomic mass is 16.3. The molecule has 1 heterocycles. The van der Waals surface area contributed by atoms with Gasteiger partial charge in [-0.3, -0.25) is 0 Å². The normalized spacial score (nSPS) is 24.4. The van der Waals surface area contributed by atoms with Crippen molar-refractivity contribution in [3.63, 3.8) is 0 Å². The van der Waals surface area contributed by atoms with E-state index in [1.54, 1.807) is 0 Å². The van der Waals surface area contributed by atoms with Crippen LogP contribution in [-0.2, 0) is 13.0 Å². The Bertz CT molecular complexity index is 590. The van der Waals surface area contributed by atoms with Crippen molar-refractivity contribution in [2.24, 2.45) is 11.8 Å². The number of aliphatic hydroxyl groups excluding tert-OH is 1. The monoisotopic (exact) mass is 272 g/mol. The van der Waals surface area contributed by atoms with Gasteiger partial charge in [0.25, 0.3) is 0 Å². The summed E-state index contributed by atoms with van der Waals surface area (Å²) in [7, 11) is 0. The van der Waals surface area contributed by atoms with Crippen molar-refractivity contribution >= 4 is 11.0 Å². The molecule has 0 amide bonds. The van der Waals surface area contributed by atoms with Gasteiger partial charge in [-0.1, -0.05) is 25.5 Å².